The van der Waals surface area contributed by atoms with Gasteiger partial charge in [0.25, 0.3) is 5.69 Å². The van der Waals surface area contributed by atoms with Gasteiger partial charge in [0, 0.05) is 27.5 Å². The van der Waals surface area contributed by atoms with E-state index in [0.29, 0.717) is 17.9 Å². The molecule has 0 aliphatic rings. The molecule has 0 heterocycles. The summed E-state index contributed by atoms with van der Waals surface area (Å²) in [6, 6.07) is 21.5. The van der Waals surface area contributed by atoms with Crippen LogP contribution in [0.2, 0.25) is 0 Å². The van der Waals surface area contributed by atoms with Crippen molar-refractivity contribution in [3.05, 3.63) is 94.0 Å². The lowest BCUT2D eigenvalue weighted by Gasteiger charge is -2.08. The third kappa shape index (κ3) is 5.18. The molecule has 0 saturated carbocycles. The molecule has 0 aliphatic heterocycles. The molecule has 0 aliphatic carbocycles. The Morgan fingerprint density at radius 1 is 0.926 bits per heavy atom. The number of rotatable bonds is 7. The number of ether oxygens (including phenoxy) is 1. The number of hydrogen-bond donors (Lipinski definition) is 0. The molecule has 0 atom stereocenters. The number of nitrogens with zero attached hydrogens (tertiary/aromatic N) is 1. The smallest absolute Gasteiger partial charge is 0.269 e. The van der Waals surface area contributed by atoms with E-state index < -0.39 is 4.92 Å². The number of hydrogen-bond acceptors (Lipinski definition) is 5. The molecule has 3 aromatic carbocycles. The second kappa shape index (κ2) is 8.51. The van der Waals surface area contributed by atoms with Crippen molar-refractivity contribution in [3.63, 3.8) is 0 Å². The molecule has 0 N–H and O–H groups in total. The zero-order valence-electron chi connectivity index (χ0n) is 14.6. The normalized spacial score (nSPS) is 10.4. The van der Waals surface area contributed by atoms with E-state index in [4.69, 9.17) is 4.74 Å². The van der Waals surface area contributed by atoms with E-state index in [1.165, 1.54) is 19.1 Å². The van der Waals surface area contributed by atoms with E-state index in [9.17, 15) is 14.9 Å². The summed E-state index contributed by atoms with van der Waals surface area (Å²) in [4.78, 5) is 23.5. The Morgan fingerprint density at radius 3 is 2.00 bits per heavy atom. The molecule has 136 valence electrons. The minimum absolute atomic E-state index is 0.0302. The molecule has 3 rings (SSSR count). The van der Waals surface area contributed by atoms with Gasteiger partial charge in [-0.15, -0.1) is 0 Å². The summed E-state index contributed by atoms with van der Waals surface area (Å²) in [7, 11) is 0. The quantitative estimate of drug-likeness (QED) is 0.307. The van der Waals surface area contributed by atoms with Crippen LogP contribution in [0.4, 0.5) is 5.69 Å². The maximum absolute atomic E-state index is 11.3. The van der Waals surface area contributed by atoms with Gasteiger partial charge in [-0.3, -0.25) is 14.9 Å². The predicted octanol–water partition coefficient (Wildman–Crippen LogP) is 5.53. The number of carbonyl (C=O) groups is 1. The van der Waals surface area contributed by atoms with Crippen LogP contribution in [0.3, 0.4) is 0 Å². The monoisotopic (exact) mass is 379 g/mol. The minimum atomic E-state index is -0.406. The Kier molecular flexibility index (Phi) is 5.88. The van der Waals surface area contributed by atoms with Gasteiger partial charge < -0.3 is 4.74 Å². The molecule has 0 saturated heterocycles. The highest BCUT2D eigenvalue weighted by molar-refractivity contribution is 7.99. The van der Waals surface area contributed by atoms with Gasteiger partial charge in [-0.2, -0.15) is 0 Å². The van der Waals surface area contributed by atoms with Crippen LogP contribution in [-0.2, 0) is 6.61 Å². The van der Waals surface area contributed by atoms with E-state index in [2.05, 4.69) is 0 Å². The second-order valence-electron chi connectivity index (χ2n) is 5.87. The highest BCUT2D eigenvalue weighted by Gasteiger charge is 2.05. The zero-order valence-corrected chi connectivity index (χ0v) is 15.4. The molecule has 3 aromatic rings. The number of nitro benzene ring substituents is 1. The summed E-state index contributed by atoms with van der Waals surface area (Å²) >= 11 is 1.54. The van der Waals surface area contributed by atoms with Crippen LogP contribution in [0, 0.1) is 10.1 Å². The first-order valence-electron chi connectivity index (χ1n) is 8.26. The maximum atomic E-state index is 11.3. The van der Waals surface area contributed by atoms with Crippen LogP contribution in [0.5, 0.6) is 5.75 Å². The predicted molar refractivity (Wildman–Crippen MR) is 104 cm³/mol. The number of Topliss-reactive ketones (excluding diaryl/α,β-unsaturated/α-hetero) is 1. The van der Waals surface area contributed by atoms with Gasteiger partial charge in [0.2, 0.25) is 0 Å². The molecule has 6 heteroatoms. The number of carbonyl (C=O) groups excluding carboxylic acids is 1. The molecule has 5 nitrogen and oxygen atoms in total. The summed E-state index contributed by atoms with van der Waals surface area (Å²) < 4.78 is 5.74. The molecule has 27 heavy (non-hydrogen) atoms. The molecular weight excluding hydrogens is 362 g/mol. The summed E-state index contributed by atoms with van der Waals surface area (Å²) in [6.45, 7) is 1.97. The van der Waals surface area contributed by atoms with Crippen molar-refractivity contribution in [3.8, 4) is 5.75 Å². The Bertz CT molecular complexity index is 935. The third-order valence-corrected chi connectivity index (χ3v) is 4.89. The maximum Gasteiger partial charge on any atom is 0.269 e. The van der Waals surface area contributed by atoms with Crippen molar-refractivity contribution >= 4 is 23.2 Å². The van der Waals surface area contributed by atoms with Crippen molar-refractivity contribution < 1.29 is 14.5 Å². The van der Waals surface area contributed by atoms with Gasteiger partial charge in [-0.25, -0.2) is 0 Å². The molecular formula is C21H17NO4S. The SMILES string of the molecule is CC(=O)c1ccc(OCc2ccc(Sc3ccc([N+](=O)[O-])cc3)cc2)cc1. The van der Waals surface area contributed by atoms with Crippen LogP contribution >= 0.6 is 11.8 Å². The second-order valence-corrected chi connectivity index (χ2v) is 7.01. The molecule has 0 aromatic heterocycles. The van der Waals surface area contributed by atoms with Gasteiger partial charge >= 0.3 is 0 Å². The summed E-state index contributed by atoms with van der Waals surface area (Å²) in [6.07, 6.45) is 0. The van der Waals surface area contributed by atoms with Crippen molar-refractivity contribution in [1.82, 2.24) is 0 Å². The lowest BCUT2D eigenvalue weighted by molar-refractivity contribution is -0.384. The number of non-ortho nitro benzene ring substituents is 1. The van der Waals surface area contributed by atoms with Gasteiger partial charge in [-0.05, 0) is 61.0 Å². The van der Waals surface area contributed by atoms with E-state index >= 15 is 0 Å². The van der Waals surface area contributed by atoms with Crippen LogP contribution < -0.4 is 4.74 Å². The Labute approximate surface area is 161 Å². The van der Waals surface area contributed by atoms with E-state index in [1.807, 2.05) is 24.3 Å². The molecule has 0 radical (unpaired) electrons. The fraction of sp³-hybridized carbons (Fsp3) is 0.0952. The van der Waals surface area contributed by atoms with Gasteiger partial charge in [0.1, 0.15) is 12.4 Å². The van der Waals surface area contributed by atoms with Crippen molar-refractivity contribution in [2.45, 2.75) is 23.3 Å². The average Bonchev–Trinajstić information content (AvgIpc) is 2.68. The van der Waals surface area contributed by atoms with Crippen LogP contribution in [-0.4, -0.2) is 10.7 Å². The molecule has 0 unspecified atom stereocenters. The molecule has 0 bridgehead atoms. The average molecular weight is 379 g/mol. The number of nitro groups is 1. The first-order valence-corrected chi connectivity index (χ1v) is 9.08. The third-order valence-electron chi connectivity index (χ3n) is 3.87. The van der Waals surface area contributed by atoms with Crippen molar-refractivity contribution in [2.75, 3.05) is 0 Å². The first kappa shape index (κ1) is 18.7. The highest BCUT2D eigenvalue weighted by atomic mass is 32.2. The fourth-order valence-electron chi connectivity index (χ4n) is 2.38. The summed E-state index contributed by atoms with van der Waals surface area (Å²) in [5, 5.41) is 10.7. The van der Waals surface area contributed by atoms with Crippen molar-refractivity contribution in [2.24, 2.45) is 0 Å². The fourth-order valence-corrected chi connectivity index (χ4v) is 3.19. The van der Waals surface area contributed by atoms with E-state index in [1.54, 1.807) is 48.2 Å². The van der Waals surface area contributed by atoms with Gasteiger partial charge in [0.05, 0.1) is 4.92 Å². The standard InChI is InChI=1S/C21H17NO4S/c1-15(23)17-4-8-19(9-5-17)26-14-16-2-10-20(11-3-16)27-21-12-6-18(7-13-21)22(24)25/h2-13H,14H2,1H3. The van der Waals surface area contributed by atoms with E-state index in [0.717, 1.165) is 15.4 Å². The summed E-state index contributed by atoms with van der Waals surface area (Å²) in [5.74, 6) is 0.743. The van der Waals surface area contributed by atoms with Crippen LogP contribution in [0.15, 0.2) is 82.6 Å². The Morgan fingerprint density at radius 2 is 1.48 bits per heavy atom. The number of ketones is 1. The lowest BCUT2D eigenvalue weighted by atomic mass is 10.1. The molecule has 0 spiro atoms. The van der Waals surface area contributed by atoms with Gasteiger partial charge in [0.15, 0.2) is 5.78 Å². The Hall–Kier alpha value is -3.12. The molecule has 0 amide bonds. The lowest BCUT2D eigenvalue weighted by Crippen LogP contribution is -1.96. The minimum Gasteiger partial charge on any atom is -0.489 e. The largest absolute Gasteiger partial charge is 0.489 e. The first-order chi connectivity index (χ1) is 13.0. The van der Waals surface area contributed by atoms with Crippen LogP contribution in [0.25, 0.3) is 0 Å². The van der Waals surface area contributed by atoms with E-state index in [-0.39, 0.29) is 11.5 Å². The zero-order chi connectivity index (χ0) is 19.2. The highest BCUT2D eigenvalue weighted by Crippen LogP contribution is 2.29. The summed E-state index contributed by atoms with van der Waals surface area (Å²) in [5.41, 5.74) is 1.77. The van der Waals surface area contributed by atoms with Crippen LogP contribution in [0.1, 0.15) is 22.8 Å². The Balaban J connectivity index is 1.56. The molecule has 0 fully saturated rings. The van der Waals surface area contributed by atoms with Crippen molar-refractivity contribution in [1.29, 1.82) is 0 Å². The number of benzene rings is 3. The topological polar surface area (TPSA) is 69.4 Å². The van der Waals surface area contributed by atoms with Gasteiger partial charge in [-0.1, -0.05) is 23.9 Å².